The Morgan fingerprint density at radius 3 is 2.29 bits per heavy atom. The molecule has 0 bridgehead atoms. The summed E-state index contributed by atoms with van der Waals surface area (Å²) >= 11 is 0. The molecule has 3 rings (SSSR count). The van der Waals surface area contributed by atoms with Crippen molar-refractivity contribution in [2.45, 2.75) is 25.8 Å². The first-order chi connectivity index (χ1) is 8.25. The molecule has 0 atom stereocenters. The molecule has 0 aromatic carbocycles. The van der Waals surface area contributed by atoms with E-state index in [1.807, 2.05) is 11.8 Å². The van der Waals surface area contributed by atoms with Crippen LogP contribution in [0.1, 0.15) is 19.8 Å². The maximum absolute atomic E-state index is 12.2. The number of carbonyl (C=O) groups is 1. The SMILES string of the molecule is CC(C(=O)N1CCN(C2CC2)CC1)=C1CNC1. The summed E-state index contributed by atoms with van der Waals surface area (Å²) in [5, 5.41) is 3.19. The fourth-order valence-electron chi connectivity index (χ4n) is 2.63. The van der Waals surface area contributed by atoms with Crippen LogP contribution in [0.4, 0.5) is 0 Å². The van der Waals surface area contributed by atoms with E-state index in [-0.39, 0.29) is 5.91 Å². The summed E-state index contributed by atoms with van der Waals surface area (Å²) in [6, 6.07) is 0.836. The predicted molar refractivity (Wildman–Crippen MR) is 66.7 cm³/mol. The highest BCUT2D eigenvalue weighted by molar-refractivity contribution is 5.94. The predicted octanol–water partition coefficient (Wildman–Crippen LogP) is 0.213. The Labute approximate surface area is 103 Å². The zero-order chi connectivity index (χ0) is 11.8. The summed E-state index contributed by atoms with van der Waals surface area (Å²) in [5.74, 6) is 0.261. The summed E-state index contributed by atoms with van der Waals surface area (Å²) in [4.78, 5) is 16.8. The molecule has 0 aromatic rings. The van der Waals surface area contributed by atoms with E-state index < -0.39 is 0 Å². The standard InChI is InChI=1S/C13H21N3O/c1-10(11-8-14-9-11)13(17)16-6-4-15(5-7-16)12-2-3-12/h12,14H,2-9H2,1H3. The molecule has 0 radical (unpaired) electrons. The lowest BCUT2D eigenvalue weighted by Crippen LogP contribution is -2.50. The maximum Gasteiger partial charge on any atom is 0.249 e. The Morgan fingerprint density at radius 1 is 1.18 bits per heavy atom. The van der Waals surface area contributed by atoms with Crippen molar-refractivity contribution in [2.75, 3.05) is 39.3 Å². The molecule has 2 aliphatic heterocycles. The van der Waals surface area contributed by atoms with Gasteiger partial charge in [0.1, 0.15) is 0 Å². The van der Waals surface area contributed by atoms with Crippen LogP contribution in [0.5, 0.6) is 0 Å². The summed E-state index contributed by atoms with van der Waals surface area (Å²) in [5.41, 5.74) is 2.27. The van der Waals surface area contributed by atoms with Gasteiger partial charge >= 0.3 is 0 Å². The third-order valence-electron chi connectivity index (χ3n) is 4.19. The van der Waals surface area contributed by atoms with Gasteiger partial charge in [-0.1, -0.05) is 0 Å². The first-order valence-electron chi connectivity index (χ1n) is 6.68. The molecule has 3 aliphatic rings. The van der Waals surface area contributed by atoms with Crippen molar-refractivity contribution in [1.29, 1.82) is 0 Å². The topological polar surface area (TPSA) is 35.6 Å². The van der Waals surface area contributed by atoms with Crippen LogP contribution in [0.25, 0.3) is 0 Å². The van der Waals surface area contributed by atoms with Gasteiger partial charge in [0, 0.05) is 50.9 Å². The van der Waals surface area contributed by atoms with E-state index in [0.29, 0.717) is 0 Å². The Morgan fingerprint density at radius 2 is 1.82 bits per heavy atom. The van der Waals surface area contributed by atoms with E-state index in [0.717, 1.165) is 50.9 Å². The van der Waals surface area contributed by atoms with E-state index in [4.69, 9.17) is 0 Å². The van der Waals surface area contributed by atoms with Crippen LogP contribution in [0.15, 0.2) is 11.1 Å². The highest BCUT2D eigenvalue weighted by Crippen LogP contribution is 2.27. The average Bonchev–Trinajstić information content (AvgIpc) is 3.10. The minimum Gasteiger partial charge on any atom is -0.336 e. The second kappa shape index (κ2) is 4.42. The van der Waals surface area contributed by atoms with Crippen molar-refractivity contribution >= 4 is 5.91 Å². The van der Waals surface area contributed by atoms with Crippen LogP contribution in [-0.4, -0.2) is 61.0 Å². The number of rotatable bonds is 2. The molecule has 0 aromatic heterocycles. The molecule has 2 saturated heterocycles. The van der Waals surface area contributed by atoms with Crippen molar-refractivity contribution in [3.05, 3.63) is 11.1 Å². The number of nitrogens with one attached hydrogen (secondary N) is 1. The lowest BCUT2D eigenvalue weighted by molar-refractivity contribution is -0.129. The molecule has 3 fully saturated rings. The van der Waals surface area contributed by atoms with Gasteiger partial charge in [0.15, 0.2) is 0 Å². The number of amides is 1. The summed E-state index contributed by atoms with van der Waals surface area (Å²) < 4.78 is 0. The van der Waals surface area contributed by atoms with E-state index in [1.165, 1.54) is 18.4 Å². The highest BCUT2D eigenvalue weighted by atomic mass is 16.2. The molecule has 4 heteroatoms. The maximum atomic E-state index is 12.2. The van der Waals surface area contributed by atoms with Crippen LogP contribution in [-0.2, 0) is 4.79 Å². The van der Waals surface area contributed by atoms with E-state index in [9.17, 15) is 4.79 Å². The van der Waals surface area contributed by atoms with Gasteiger partial charge in [-0.2, -0.15) is 0 Å². The molecule has 2 heterocycles. The van der Waals surface area contributed by atoms with E-state index >= 15 is 0 Å². The molecular formula is C13H21N3O. The Hall–Kier alpha value is -0.870. The minimum absolute atomic E-state index is 0.261. The zero-order valence-corrected chi connectivity index (χ0v) is 10.5. The summed E-state index contributed by atoms with van der Waals surface area (Å²) in [6.07, 6.45) is 2.73. The minimum atomic E-state index is 0.261. The molecule has 0 unspecified atom stereocenters. The largest absolute Gasteiger partial charge is 0.336 e. The molecule has 4 nitrogen and oxygen atoms in total. The average molecular weight is 235 g/mol. The van der Waals surface area contributed by atoms with Crippen LogP contribution in [0.3, 0.4) is 0 Å². The molecular weight excluding hydrogens is 214 g/mol. The van der Waals surface area contributed by atoms with Gasteiger partial charge < -0.3 is 10.2 Å². The number of nitrogens with zero attached hydrogens (tertiary/aromatic N) is 2. The molecule has 17 heavy (non-hydrogen) atoms. The summed E-state index contributed by atoms with van der Waals surface area (Å²) in [6.45, 7) is 7.74. The van der Waals surface area contributed by atoms with Crippen molar-refractivity contribution < 1.29 is 4.79 Å². The van der Waals surface area contributed by atoms with Gasteiger partial charge in [0.25, 0.3) is 0 Å². The monoisotopic (exact) mass is 235 g/mol. The van der Waals surface area contributed by atoms with Gasteiger partial charge in [-0.25, -0.2) is 0 Å². The molecule has 1 saturated carbocycles. The van der Waals surface area contributed by atoms with Crippen LogP contribution >= 0.6 is 0 Å². The van der Waals surface area contributed by atoms with E-state index in [1.54, 1.807) is 0 Å². The van der Waals surface area contributed by atoms with Crippen molar-refractivity contribution in [3.63, 3.8) is 0 Å². The van der Waals surface area contributed by atoms with Gasteiger partial charge in [0.2, 0.25) is 5.91 Å². The van der Waals surface area contributed by atoms with Gasteiger partial charge in [-0.05, 0) is 25.3 Å². The van der Waals surface area contributed by atoms with Gasteiger partial charge in [0.05, 0.1) is 0 Å². The van der Waals surface area contributed by atoms with Crippen molar-refractivity contribution in [3.8, 4) is 0 Å². The molecule has 1 N–H and O–H groups in total. The first kappa shape index (κ1) is 11.2. The van der Waals surface area contributed by atoms with Gasteiger partial charge in [-0.3, -0.25) is 9.69 Å². The number of hydrogen-bond acceptors (Lipinski definition) is 3. The van der Waals surface area contributed by atoms with E-state index in [2.05, 4.69) is 10.2 Å². The van der Waals surface area contributed by atoms with Crippen LogP contribution in [0, 0.1) is 0 Å². The number of carbonyl (C=O) groups excluding carboxylic acids is 1. The quantitative estimate of drug-likeness (QED) is 0.695. The molecule has 94 valence electrons. The molecule has 0 spiro atoms. The van der Waals surface area contributed by atoms with Gasteiger partial charge in [-0.15, -0.1) is 0 Å². The highest BCUT2D eigenvalue weighted by Gasteiger charge is 2.32. The summed E-state index contributed by atoms with van der Waals surface area (Å²) in [7, 11) is 0. The lowest BCUT2D eigenvalue weighted by atomic mass is 10.0. The number of hydrogen-bond donors (Lipinski definition) is 1. The Balaban J connectivity index is 1.56. The second-order valence-electron chi connectivity index (χ2n) is 5.39. The van der Waals surface area contributed by atoms with Crippen LogP contribution in [0.2, 0.25) is 0 Å². The Kier molecular flexibility index (Phi) is 2.92. The first-order valence-corrected chi connectivity index (χ1v) is 6.68. The zero-order valence-electron chi connectivity index (χ0n) is 10.5. The fourth-order valence-corrected chi connectivity index (χ4v) is 2.63. The molecule has 1 amide bonds. The second-order valence-corrected chi connectivity index (χ2v) is 5.39. The normalized spacial score (nSPS) is 25.7. The smallest absolute Gasteiger partial charge is 0.249 e. The number of piperazine rings is 1. The molecule has 1 aliphatic carbocycles. The van der Waals surface area contributed by atoms with Crippen LogP contribution < -0.4 is 5.32 Å². The Bertz CT molecular complexity index is 346. The third kappa shape index (κ3) is 2.24. The van der Waals surface area contributed by atoms with Crippen molar-refractivity contribution in [2.24, 2.45) is 0 Å². The lowest BCUT2D eigenvalue weighted by Gasteiger charge is -2.35. The van der Waals surface area contributed by atoms with Crippen molar-refractivity contribution in [1.82, 2.24) is 15.1 Å². The third-order valence-corrected chi connectivity index (χ3v) is 4.19. The fraction of sp³-hybridized carbons (Fsp3) is 0.769.